The minimum atomic E-state index is -0.947. The van der Waals surface area contributed by atoms with E-state index in [1.165, 1.54) is 0 Å². The SMILES string of the molecule is Nc1cc(C[C@H]2C(O)NC2C(=O)O)ccn1. The van der Waals surface area contributed by atoms with Crippen LogP contribution in [0.3, 0.4) is 0 Å². The third-order valence-corrected chi connectivity index (χ3v) is 2.77. The first-order valence-electron chi connectivity index (χ1n) is 4.95. The van der Waals surface area contributed by atoms with E-state index >= 15 is 0 Å². The average Bonchev–Trinajstić information content (AvgIpc) is 2.22. The molecule has 1 fully saturated rings. The number of hydrogen-bond acceptors (Lipinski definition) is 5. The van der Waals surface area contributed by atoms with Crippen molar-refractivity contribution in [3.63, 3.8) is 0 Å². The van der Waals surface area contributed by atoms with Gasteiger partial charge < -0.3 is 15.9 Å². The van der Waals surface area contributed by atoms with Crippen molar-refractivity contribution in [2.75, 3.05) is 5.73 Å². The number of nitrogens with zero attached hydrogens (tertiary/aromatic N) is 1. The second kappa shape index (κ2) is 4.07. The quantitative estimate of drug-likeness (QED) is 0.534. The highest BCUT2D eigenvalue weighted by Crippen LogP contribution is 2.24. The van der Waals surface area contributed by atoms with E-state index in [4.69, 9.17) is 10.8 Å². The normalized spacial score (nSPS) is 28.4. The number of aliphatic carboxylic acids is 1. The molecule has 1 aromatic heterocycles. The number of hydrogen-bond donors (Lipinski definition) is 4. The fourth-order valence-electron chi connectivity index (χ4n) is 1.87. The zero-order valence-electron chi connectivity index (χ0n) is 8.50. The Kier molecular flexibility index (Phi) is 2.76. The Morgan fingerprint density at radius 3 is 2.94 bits per heavy atom. The van der Waals surface area contributed by atoms with Gasteiger partial charge in [0.2, 0.25) is 0 Å². The van der Waals surface area contributed by atoms with Crippen molar-refractivity contribution in [2.24, 2.45) is 5.92 Å². The summed E-state index contributed by atoms with van der Waals surface area (Å²) >= 11 is 0. The molecule has 0 amide bonds. The maximum Gasteiger partial charge on any atom is 0.321 e. The van der Waals surface area contributed by atoms with Crippen LogP contribution in [0.5, 0.6) is 0 Å². The standard InChI is InChI=1S/C10H13N3O3/c11-7-4-5(1-2-12-7)3-6-8(10(15)16)13-9(6)14/h1-2,4,6,8-9,13-14H,3H2,(H2,11,12)(H,15,16)/t6-,8?,9?/m1/s1. The molecule has 6 nitrogen and oxygen atoms in total. The van der Waals surface area contributed by atoms with Gasteiger partial charge in [0.05, 0.1) is 0 Å². The van der Waals surface area contributed by atoms with E-state index in [0.29, 0.717) is 12.2 Å². The number of nitrogens with one attached hydrogen (secondary N) is 1. The molecule has 2 unspecified atom stereocenters. The van der Waals surface area contributed by atoms with Crippen molar-refractivity contribution in [3.8, 4) is 0 Å². The Labute approximate surface area is 92.1 Å². The first kappa shape index (κ1) is 10.8. The van der Waals surface area contributed by atoms with Gasteiger partial charge in [0, 0.05) is 12.1 Å². The second-order valence-electron chi connectivity index (χ2n) is 3.88. The molecule has 1 aliphatic heterocycles. The molecule has 2 heterocycles. The van der Waals surface area contributed by atoms with E-state index in [-0.39, 0.29) is 5.92 Å². The summed E-state index contributed by atoms with van der Waals surface area (Å²) in [6.07, 6.45) is 1.27. The van der Waals surface area contributed by atoms with E-state index in [9.17, 15) is 9.90 Å². The number of aliphatic hydroxyl groups is 1. The molecule has 86 valence electrons. The van der Waals surface area contributed by atoms with E-state index in [2.05, 4.69) is 10.3 Å². The number of pyridine rings is 1. The molecule has 1 aromatic rings. The van der Waals surface area contributed by atoms with Crippen LogP contribution in [0.15, 0.2) is 18.3 Å². The molecule has 16 heavy (non-hydrogen) atoms. The summed E-state index contributed by atoms with van der Waals surface area (Å²) in [6, 6.07) is 2.76. The second-order valence-corrected chi connectivity index (χ2v) is 3.88. The molecular formula is C10H13N3O3. The van der Waals surface area contributed by atoms with Gasteiger partial charge in [0.1, 0.15) is 18.1 Å². The monoisotopic (exact) mass is 223 g/mol. The molecule has 2 rings (SSSR count). The number of aliphatic hydroxyl groups excluding tert-OH is 1. The number of aromatic nitrogens is 1. The average molecular weight is 223 g/mol. The largest absolute Gasteiger partial charge is 0.480 e. The van der Waals surface area contributed by atoms with E-state index < -0.39 is 18.2 Å². The van der Waals surface area contributed by atoms with Gasteiger partial charge in [-0.15, -0.1) is 0 Å². The number of carboxylic acid groups (broad SMARTS) is 1. The Balaban J connectivity index is 2.06. The summed E-state index contributed by atoms with van der Waals surface area (Å²) in [5.41, 5.74) is 6.40. The van der Waals surface area contributed by atoms with Crippen LogP contribution >= 0.6 is 0 Å². The number of anilines is 1. The fraction of sp³-hybridized carbons (Fsp3) is 0.400. The lowest BCUT2D eigenvalue weighted by Gasteiger charge is -2.40. The highest BCUT2D eigenvalue weighted by Gasteiger charge is 2.43. The smallest absolute Gasteiger partial charge is 0.321 e. The molecule has 0 spiro atoms. The lowest BCUT2D eigenvalue weighted by atomic mass is 9.84. The Morgan fingerprint density at radius 1 is 1.62 bits per heavy atom. The van der Waals surface area contributed by atoms with E-state index in [1.54, 1.807) is 18.3 Å². The molecule has 0 saturated carbocycles. The van der Waals surface area contributed by atoms with Crippen LogP contribution in [-0.2, 0) is 11.2 Å². The van der Waals surface area contributed by atoms with E-state index in [0.717, 1.165) is 5.56 Å². The Morgan fingerprint density at radius 2 is 2.38 bits per heavy atom. The van der Waals surface area contributed by atoms with Crippen molar-refractivity contribution in [3.05, 3.63) is 23.9 Å². The van der Waals surface area contributed by atoms with Gasteiger partial charge in [-0.05, 0) is 24.1 Å². The van der Waals surface area contributed by atoms with Crippen LogP contribution in [0.2, 0.25) is 0 Å². The van der Waals surface area contributed by atoms with Crippen molar-refractivity contribution < 1.29 is 15.0 Å². The van der Waals surface area contributed by atoms with Gasteiger partial charge in [-0.25, -0.2) is 4.98 Å². The van der Waals surface area contributed by atoms with Gasteiger partial charge in [-0.1, -0.05) is 0 Å². The molecule has 1 saturated heterocycles. The van der Waals surface area contributed by atoms with Crippen molar-refractivity contribution in [1.82, 2.24) is 10.3 Å². The van der Waals surface area contributed by atoms with Crippen molar-refractivity contribution >= 4 is 11.8 Å². The first-order valence-corrected chi connectivity index (χ1v) is 4.95. The molecule has 3 atom stereocenters. The Bertz CT molecular complexity index is 410. The highest BCUT2D eigenvalue weighted by atomic mass is 16.4. The van der Waals surface area contributed by atoms with Crippen LogP contribution in [0.4, 0.5) is 5.82 Å². The number of nitrogen functional groups attached to an aromatic ring is 1. The minimum absolute atomic E-state index is 0.320. The lowest BCUT2D eigenvalue weighted by molar-refractivity contribution is -0.152. The maximum atomic E-state index is 10.8. The maximum absolute atomic E-state index is 10.8. The Hall–Kier alpha value is -1.66. The van der Waals surface area contributed by atoms with Crippen LogP contribution in [0.1, 0.15) is 5.56 Å². The molecule has 1 aliphatic rings. The van der Waals surface area contributed by atoms with Crippen molar-refractivity contribution in [2.45, 2.75) is 18.7 Å². The topological polar surface area (TPSA) is 108 Å². The summed E-state index contributed by atoms with van der Waals surface area (Å²) in [5.74, 6) is -0.872. The predicted octanol–water partition coefficient (Wildman–Crippen LogP) is -0.803. The zero-order chi connectivity index (χ0) is 11.7. The third kappa shape index (κ3) is 1.98. The molecular weight excluding hydrogens is 210 g/mol. The van der Waals surface area contributed by atoms with Gasteiger partial charge in [-0.3, -0.25) is 10.1 Å². The summed E-state index contributed by atoms with van der Waals surface area (Å²) < 4.78 is 0. The highest BCUT2D eigenvalue weighted by molar-refractivity contribution is 5.75. The zero-order valence-corrected chi connectivity index (χ0v) is 8.50. The molecule has 0 bridgehead atoms. The number of rotatable bonds is 3. The predicted molar refractivity (Wildman–Crippen MR) is 56.4 cm³/mol. The summed E-state index contributed by atoms with van der Waals surface area (Å²) in [7, 11) is 0. The minimum Gasteiger partial charge on any atom is -0.480 e. The molecule has 0 aromatic carbocycles. The molecule has 0 radical (unpaired) electrons. The summed E-state index contributed by atoms with van der Waals surface area (Å²) in [5, 5.41) is 20.8. The fourth-order valence-corrected chi connectivity index (χ4v) is 1.87. The van der Waals surface area contributed by atoms with Crippen LogP contribution in [-0.4, -0.2) is 33.4 Å². The van der Waals surface area contributed by atoms with Crippen LogP contribution in [0, 0.1) is 5.92 Å². The number of carboxylic acids is 1. The summed E-state index contributed by atoms with van der Waals surface area (Å²) in [6.45, 7) is 0. The van der Waals surface area contributed by atoms with E-state index in [1.807, 2.05) is 0 Å². The molecule has 0 aliphatic carbocycles. The van der Waals surface area contributed by atoms with Gasteiger partial charge >= 0.3 is 5.97 Å². The van der Waals surface area contributed by atoms with Crippen LogP contribution in [0.25, 0.3) is 0 Å². The molecule has 5 N–H and O–H groups in total. The van der Waals surface area contributed by atoms with Gasteiger partial charge in [-0.2, -0.15) is 0 Å². The lowest BCUT2D eigenvalue weighted by Crippen LogP contribution is -2.65. The number of carbonyl (C=O) groups is 1. The summed E-state index contributed by atoms with van der Waals surface area (Å²) in [4.78, 5) is 14.6. The molecule has 6 heteroatoms. The van der Waals surface area contributed by atoms with Gasteiger partial charge in [0.15, 0.2) is 0 Å². The van der Waals surface area contributed by atoms with Crippen LogP contribution < -0.4 is 11.1 Å². The number of nitrogens with two attached hydrogens (primary N) is 1. The first-order chi connectivity index (χ1) is 7.58. The third-order valence-electron chi connectivity index (χ3n) is 2.77. The van der Waals surface area contributed by atoms with Gasteiger partial charge in [0.25, 0.3) is 0 Å². The van der Waals surface area contributed by atoms with Crippen molar-refractivity contribution in [1.29, 1.82) is 0 Å².